The van der Waals surface area contributed by atoms with E-state index in [0.717, 1.165) is 61.4 Å². The SMILES string of the molecule is C=C(C)c1ccccc1.C=C/C=C(C=C)/C(C)=C/C(=C)n1c2ccccc2c2cc3c4cc(-c5ccc(N6c7cccc(-c8cccc[n+]8C)c7C7c8c(cccc86)-c6cccc[n+]67)cc5)ccc4n(-c4ccccc4)c3cc21. The monoisotopic (exact) mass is 1020 g/mol. The molecular formula is C74H59N5+2. The Kier molecular flexibility index (Phi) is 12.2. The molecule has 1 unspecified atom stereocenters. The van der Waals surface area contributed by atoms with Crippen LogP contribution in [0.5, 0.6) is 0 Å². The summed E-state index contributed by atoms with van der Waals surface area (Å²) >= 11 is 0. The normalized spacial score (nSPS) is 13.5. The van der Waals surface area contributed by atoms with Crippen molar-refractivity contribution in [3.05, 3.63) is 303 Å². The van der Waals surface area contributed by atoms with Gasteiger partial charge in [-0.15, -0.1) is 0 Å². The first-order valence-electron chi connectivity index (χ1n) is 26.9. The van der Waals surface area contributed by atoms with Crippen molar-refractivity contribution in [1.82, 2.24) is 9.13 Å². The summed E-state index contributed by atoms with van der Waals surface area (Å²) in [6.45, 7) is 20.6. The third-order valence-corrected chi connectivity index (χ3v) is 15.9. The number of anilines is 3. The number of allylic oxidation sites excluding steroid dienone is 8. The smallest absolute Gasteiger partial charge is 0.215 e. The van der Waals surface area contributed by atoms with Crippen LogP contribution < -0.4 is 14.0 Å². The van der Waals surface area contributed by atoms with Gasteiger partial charge in [-0.25, -0.2) is 4.57 Å². The molecule has 5 nitrogen and oxygen atoms in total. The molecule has 0 fully saturated rings. The first-order valence-corrected chi connectivity index (χ1v) is 26.9. The van der Waals surface area contributed by atoms with Crippen molar-refractivity contribution in [3.8, 4) is 39.3 Å². The Hall–Kier alpha value is -10.1. The second kappa shape index (κ2) is 19.8. The van der Waals surface area contributed by atoms with Gasteiger partial charge in [0.15, 0.2) is 12.4 Å². The summed E-state index contributed by atoms with van der Waals surface area (Å²) in [5, 5.41) is 4.77. The van der Waals surface area contributed by atoms with Crippen molar-refractivity contribution in [3.63, 3.8) is 0 Å². The van der Waals surface area contributed by atoms with E-state index in [1.165, 1.54) is 77.7 Å². The topological polar surface area (TPSA) is 20.9 Å². The zero-order valence-electron chi connectivity index (χ0n) is 44.8. The molecule has 0 saturated heterocycles. The molecule has 378 valence electrons. The third kappa shape index (κ3) is 8.09. The lowest BCUT2D eigenvalue weighted by Gasteiger charge is -2.35. The van der Waals surface area contributed by atoms with Crippen molar-refractivity contribution in [1.29, 1.82) is 0 Å². The zero-order valence-corrected chi connectivity index (χ0v) is 44.8. The Labute approximate surface area is 462 Å². The number of fused-ring (bicyclic) bond motifs is 11. The fraction of sp³-hybridized carbons (Fsp3) is 0.0541. The highest BCUT2D eigenvalue weighted by Gasteiger charge is 2.47. The lowest BCUT2D eigenvalue weighted by molar-refractivity contribution is -0.688. The van der Waals surface area contributed by atoms with E-state index in [4.69, 9.17) is 0 Å². The van der Waals surface area contributed by atoms with Gasteiger partial charge in [-0.05, 0) is 139 Å². The van der Waals surface area contributed by atoms with Crippen molar-refractivity contribution < 1.29 is 9.13 Å². The summed E-state index contributed by atoms with van der Waals surface area (Å²) in [6.07, 6.45) is 12.2. The summed E-state index contributed by atoms with van der Waals surface area (Å²) in [5.41, 5.74) is 24.4. The standard InChI is InChI=1S/C65H49N5.C9H10/c1-6-19-44(7-2)42(3)38-43(4)68-57-27-12-11-22-49(57)53-40-54-52-39-46(32-35-58(52)69(62(54)41-61(53)68)47-20-9-8-10-21-47)45-30-33-48(34-31-45)70-59-28-17-23-50(55-25-13-15-36-66(55)5)63(59)65-64-51(24-18-29-60(64)70)56-26-14-16-37-67(56)65;1-8(2)9-6-4-3-5-7-9/h6-41,65H,1-2,4H2,3,5H3;3-7H,1H2,2H3/q+2;/b42-38+,44-19+;. The van der Waals surface area contributed by atoms with Gasteiger partial charge in [-0.3, -0.25) is 0 Å². The minimum atomic E-state index is 0.0436. The molecular weight excluding hydrogens is 959 g/mol. The van der Waals surface area contributed by atoms with Crippen LogP contribution in [0.15, 0.2) is 286 Å². The van der Waals surface area contributed by atoms with Gasteiger partial charge in [-0.2, -0.15) is 4.57 Å². The number of hydrogen-bond donors (Lipinski definition) is 0. The molecule has 0 bridgehead atoms. The third-order valence-electron chi connectivity index (χ3n) is 15.9. The molecule has 0 N–H and O–H groups in total. The lowest BCUT2D eigenvalue weighted by atomic mass is 9.85. The second-order valence-electron chi connectivity index (χ2n) is 20.6. The van der Waals surface area contributed by atoms with E-state index in [1.807, 2.05) is 37.3 Å². The number of rotatable bonds is 10. The molecule has 1 atom stereocenters. The number of pyridine rings is 2. The Morgan fingerprint density at radius 1 is 0.506 bits per heavy atom. The molecule has 79 heavy (non-hydrogen) atoms. The molecule has 12 aromatic rings. The van der Waals surface area contributed by atoms with E-state index >= 15 is 0 Å². The zero-order chi connectivity index (χ0) is 53.9. The lowest BCUT2D eigenvalue weighted by Crippen LogP contribution is -2.41. The Balaban J connectivity index is 0.000000601. The fourth-order valence-electron chi connectivity index (χ4n) is 12.3. The minimum Gasteiger partial charge on any atom is -0.310 e. The van der Waals surface area contributed by atoms with Crippen molar-refractivity contribution >= 4 is 71.9 Å². The molecule has 5 heteroatoms. The average molecular weight is 1020 g/mol. The Morgan fingerprint density at radius 3 is 1.81 bits per heavy atom. The fourth-order valence-corrected chi connectivity index (χ4v) is 12.3. The molecule has 6 heterocycles. The summed E-state index contributed by atoms with van der Waals surface area (Å²) in [4.78, 5) is 2.48. The molecule has 0 aliphatic carbocycles. The highest BCUT2D eigenvalue weighted by atomic mass is 15.2. The van der Waals surface area contributed by atoms with E-state index < -0.39 is 0 Å². The Morgan fingerprint density at radius 2 is 1.13 bits per heavy atom. The van der Waals surface area contributed by atoms with Gasteiger partial charge >= 0.3 is 0 Å². The number of aromatic nitrogens is 4. The van der Waals surface area contributed by atoms with E-state index in [0.29, 0.717) is 0 Å². The number of nitrogens with zero attached hydrogens (tertiary/aromatic N) is 5. The summed E-state index contributed by atoms with van der Waals surface area (Å²) in [5.74, 6) is 0. The van der Waals surface area contributed by atoms with Crippen molar-refractivity contribution in [2.45, 2.75) is 19.9 Å². The number of para-hydroxylation sites is 2. The van der Waals surface area contributed by atoms with E-state index in [-0.39, 0.29) is 6.04 Å². The van der Waals surface area contributed by atoms with E-state index in [2.05, 4.69) is 276 Å². The molecule has 8 aromatic carbocycles. The van der Waals surface area contributed by atoms with Crippen LogP contribution in [0.2, 0.25) is 0 Å². The van der Waals surface area contributed by atoms with Gasteiger partial charge in [0.05, 0.1) is 55.7 Å². The van der Waals surface area contributed by atoms with Crippen LogP contribution in [0.4, 0.5) is 17.1 Å². The molecule has 0 spiro atoms. The van der Waals surface area contributed by atoms with Crippen LogP contribution >= 0.6 is 0 Å². The summed E-state index contributed by atoms with van der Waals surface area (Å²) < 4.78 is 9.40. The van der Waals surface area contributed by atoms with Gasteiger partial charge in [0.25, 0.3) is 0 Å². The van der Waals surface area contributed by atoms with Crippen LogP contribution in [0.3, 0.4) is 0 Å². The highest BCUT2D eigenvalue weighted by Crippen LogP contribution is 2.55. The van der Waals surface area contributed by atoms with Crippen LogP contribution in [-0.2, 0) is 7.05 Å². The number of benzene rings is 8. The number of hydrogen-bond acceptors (Lipinski definition) is 1. The molecule has 2 aliphatic heterocycles. The number of aryl methyl sites for hydroxylation is 1. The molecule has 4 aromatic heterocycles. The largest absolute Gasteiger partial charge is 0.310 e. The molecule has 0 saturated carbocycles. The van der Waals surface area contributed by atoms with E-state index in [9.17, 15) is 0 Å². The molecule has 0 radical (unpaired) electrons. The predicted molar refractivity (Wildman–Crippen MR) is 332 cm³/mol. The van der Waals surface area contributed by atoms with Crippen LogP contribution in [0, 0.1) is 0 Å². The Bertz CT molecular complexity index is 4530. The maximum Gasteiger partial charge on any atom is 0.215 e. The minimum absolute atomic E-state index is 0.0436. The first kappa shape index (κ1) is 48.5. The van der Waals surface area contributed by atoms with Crippen LogP contribution in [0.25, 0.3) is 94.2 Å². The molecule has 14 rings (SSSR count). The van der Waals surface area contributed by atoms with Gasteiger partial charge in [-0.1, -0.05) is 147 Å². The van der Waals surface area contributed by atoms with Crippen molar-refractivity contribution in [2.75, 3.05) is 4.90 Å². The summed E-state index contributed by atoms with van der Waals surface area (Å²) in [6, 6.07) is 77.1. The van der Waals surface area contributed by atoms with Crippen LogP contribution in [0.1, 0.15) is 36.6 Å². The quantitative estimate of drug-likeness (QED) is 0.0988. The van der Waals surface area contributed by atoms with Crippen molar-refractivity contribution in [2.24, 2.45) is 7.05 Å². The second-order valence-corrected chi connectivity index (χ2v) is 20.6. The van der Waals surface area contributed by atoms with Gasteiger partial charge < -0.3 is 14.0 Å². The maximum atomic E-state index is 4.65. The van der Waals surface area contributed by atoms with Gasteiger partial charge in [0.2, 0.25) is 17.4 Å². The molecule has 0 amide bonds. The molecule has 2 aliphatic rings. The maximum absolute atomic E-state index is 4.65. The van der Waals surface area contributed by atoms with Crippen LogP contribution in [-0.4, -0.2) is 9.13 Å². The van der Waals surface area contributed by atoms with Gasteiger partial charge in [0.1, 0.15) is 7.05 Å². The highest BCUT2D eigenvalue weighted by molar-refractivity contribution is 6.20. The van der Waals surface area contributed by atoms with Gasteiger partial charge in [0, 0.05) is 62.9 Å². The predicted octanol–water partition coefficient (Wildman–Crippen LogP) is 18.2. The van der Waals surface area contributed by atoms with E-state index in [1.54, 1.807) is 6.08 Å². The summed E-state index contributed by atoms with van der Waals surface area (Å²) in [7, 11) is 2.14. The first-order chi connectivity index (χ1) is 38.7. The average Bonchev–Trinajstić information content (AvgIpc) is 4.34.